The predicted molar refractivity (Wildman–Crippen MR) is 126 cm³/mol. The maximum Gasteiger partial charge on any atom is 0.254 e. The fourth-order valence-corrected chi connectivity index (χ4v) is 4.18. The van der Waals surface area contributed by atoms with Gasteiger partial charge in [-0.05, 0) is 58.5 Å². The summed E-state index contributed by atoms with van der Waals surface area (Å²) >= 11 is 0. The van der Waals surface area contributed by atoms with Gasteiger partial charge in [-0.25, -0.2) is 19.3 Å². The zero-order valence-electron chi connectivity index (χ0n) is 19.8. The third-order valence-electron chi connectivity index (χ3n) is 5.99. The highest BCUT2D eigenvalue weighted by Crippen LogP contribution is 2.27. The van der Waals surface area contributed by atoms with Gasteiger partial charge in [0, 0.05) is 43.5 Å². The molecule has 8 nitrogen and oxygen atoms in total. The molecule has 3 heterocycles. The van der Waals surface area contributed by atoms with Crippen LogP contribution in [0.15, 0.2) is 30.6 Å². The summed E-state index contributed by atoms with van der Waals surface area (Å²) in [6.45, 7) is 11.0. The van der Waals surface area contributed by atoms with Crippen molar-refractivity contribution in [3.63, 3.8) is 0 Å². The van der Waals surface area contributed by atoms with E-state index < -0.39 is 5.82 Å². The molecule has 4 rings (SSSR count). The van der Waals surface area contributed by atoms with Gasteiger partial charge in [0.05, 0.1) is 18.1 Å². The standard InChI is InChI=1S/C24H30FN7O/c1-15(2)32-17(4)26-14-21(32)22-20(25)13-27-24(29-22)28-18-6-7-19(16(3)12-18)23(33)31-10-8-30(5)9-11-31/h6-7,12-15H,8-11H2,1-5H3,(H,27,28,29). The molecule has 1 fully saturated rings. The number of imidazole rings is 1. The normalized spacial score (nSPS) is 14.7. The Morgan fingerprint density at radius 3 is 2.48 bits per heavy atom. The van der Waals surface area contributed by atoms with Crippen LogP contribution in [0.5, 0.6) is 0 Å². The van der Waals surface area contributed by atoms with Crippen molar-refractivity contribution < 1.29 is 9.18 Å². The Hall–Kier alpha value is -3.33. The molecule has 1 aromatic carbocycles. The van der Waals surface area contributed by atoms with Gasteiger partial charge in [-0.2, -0.15) is 0 Å². The van der Waals surface area contributed by atoms with Gasteiger partial charge >= 0.3 is 0 Å². The summed E-state index contributed by atoms with van der Waals surface area (Å²) in [5, 5.41) is 3.14. The van der Waals surface area contributed by atoms with Crippen LogP contribution in [-0.2, 0) is 0 Å². The number of likely N-dealkylation sites (N-methyl/N-ethyl adjacent to an activating group) is 1. The average Bonchev–Trinajstić information content (AvgIpc) is 3.17. The fraction of sp³-hybridized carbons (Fsp3) is 0.417. The summed E-state index contributed by atoms with van der Waals surface area (Å²) in [5.41, 5.74) is 3.07. The minimum atomic E-state index is -0.508. The summed E-state index contributed by atoms with van der Waals surface area (Å²) in [6.07, 6.45) is 2.79. The minimum Gasteiger partial charge on any atom is -0.336 e. The van der Waals surface area contributed by atoms with Crippen LogP contribution >= 0.6 is 0 Å². The van der Waals surface area contributed by atoms with E-state index in [2.05, 4.69) is 32.2 Å². The van der Waals surface area contributed by atoms with Crippen LogP contribution in [0, 0.1) is 19.7 Å². The highest BCUT2D eigenvalue weighted by Gasteiger charge is 2.22. The van der Waals surface area contributed by atoms with Crippen molar-refractivity contribution in [3.05, 3.63) is 53.4 Å². The highest BCUT2D eigenvalue weighted by molar-refractivity contribution is 5.96. The molecule has 2 aromatic heterocycles. The number of aryl methyl sites for hydroxylation is 2. The van der Waals surface area contributed by atoms with E-state index >= 15 is 0 Å². The number of amides is 1. The number of benzene rings is 1. The Balaban J connectivity index is 1.56. The Labute approximate surface area is 193 Å². The van der Waals surface area contributed by atoms with Gasteiger partial charge in [0.15, 0.2) is 5.82 Å². The largest absolute Gasteiger partial charge is 0.336 e. The average molecular weight is 452 g/mol. The van der Waals surface area contributed by atoms with Crippen LogP contribution in [0.1, 0.15) is 41.6 Å². The van der Waals surface area contributed by atoms with Crippen LogP contribution in [0.3, 0.4) is 0 Å². The van der Waals surface area contributed by atoms with Gasteiger partial charge in [-0.1, -0.05) is 0 Å². The lowest BCUT2D eigenvalue weighted by Gasteiger charge is -2.32. The lowest BCUT2D eigenvalue weighted by molar-refractivity contribution is 0.0663. The van der Waals surface area contributed by atoms with Gasteiger partial charge in [0.1, 0.15) is 11.5 Å². The molecule has 1 aliphatic heterocycles. The molecule has 3 aromatic rings. The van der Waals surface area contributed by atoms with Crippen molar-refractivity contribution in [2.75, 3.05) is 38.5 Å². The Bertz CT molecular complexity index is 1170. The summed E-state index contributed by atoms with van der Waals surface area (Å²) in [5.74, 6) is 0.610. The molecule has 0 bridgehead atoms. The molecule has 9 heteroatoms. The minimum absolute atomic E-state index is 0.0461. The van der Waals surface area contributed by atoms with E-state index in [9.17, 15) is 9.18 Å². The number of hydrogen-bond acceptors (Lipinski definition) is 6. The molecule has 1 amide bonds. The van der Waals surface area contributed by atoms with E-state index in [1.165, 1.54) is 0 Å². The molecule has 0 saturated carbocycles. The van der Waals surface area contributed by atoms with Crippen LogP contribution in [0.2, 0.25) is 0 Å². The molecule has 0 atom stereocenters. The van der Waals surface area contributed by atoms with Gasteiger partial charge in [-0.3, -0.25) is 4.79 Å². The lowest BCUT2D eigenvalue weighted by Crippen LogP contribution is -2.47. The molecule has 1 N–H and O–H groups in total. The zero-order chi connectivity index (χ0) is 23.7. The second-order valence-electron chi connectivity index (χ2n) is 8.79. The molecule has 1 aliphatic rings. The third kappa shape index (κ3) is 4.73. The number of anilines is 2. The van der Waals surface area contributed by atoms with Crippen molar-refractivity contribution in [3.8, 4) is 11.4 Å². The molecule has 33 heavy (non-hydrogen) atoms. The van der Waals surface area contributed by atoms with Gasteiger partial charge < -0.3 is 19.7 Å². The van der Waals surface area contributed by atoms with Gasteiger partial charge in [0.2, 0.25) is 5.95 Å². The van der Waals surface area contributed by atoms with Crippen molar-refractivity contribution in [2.45, 2.75) is 33.7 Å². The smallest absolute Gasteiger partial charge is 0.254 e. The van der Waals surface area contributed by atoms with E-state index in [0.29, 0.717) is 11.3 Å². The lowest BCUT2D eigenvalue weighted by atomic mass is 10.1. The summed E-state index contributed by atoms with van der Waals surface area (Å²) in [7, 11) is 2.06. The Morgan fingerprint density at radius 1 is 1.09 bits per heavy atom. The fourth-order valence-electron chi connectivity index (χ4n) is 4.18. The number of nitrogens with zero attached hydrogens (tertiary/aromatic N) is 6. The number of nitrogens with one attached hydrogen (secondary N) is 1. The van der Waals surface area contributed by atoms with E-state index in [1.807, 2.05) is 55.4 Å². The summed E-state index contributed by atoms with van der Waals surface area (Å²) in [6, 6.07) is 5.64. The van der Waals surface area contributed by atoms with E-state index in [0.717, 1.165) is 49.5 Å². The molecule has 0 aliphatic carbocycles. The number of hydrogen-bond donors (Lipinski definition) is 1. The number of carbonyl (C=O) groups is 1. The maximum atomic E-state index is 14.6. The van der Waals surface area contributed by atoms with Crippen LogP contribution in [0.4, 0.5) is 16.0 Å². The van der Waals surface area contributed by atoms with Crippen LogP contribution in [-0.4, -0.2) is 68.5 Å². The number of rotatable bonds is 5. The first-order valence-corrected chi connectivity index (χ1v) is 11.2. The molecule has 0 unspecified atom stereocenters. The first kappa shape index (κ1) is 22.8. The van der Waals surface area contributed by atoms with Crippen molar-refractivity contribution >= 4 is 17.5 Å². The first-order chi connectivity index (χ1) is 15.7. The number of carbonyl (C=O) groups excluding carboxylic acids is 1. The van der Waals surface area contributed by atoms with Crippen molar-refractivity contribution in [2.24, 2.45) is 0 Å². The number of aromatic nitrogens is 4. The second kappa shape index (κ2) is 9.27. The topological polar surface area (TPSA) is 79.2 Å². The van der Waals surface area contributed by atoms with Crippen LogP contribution in [0.25, 0.3) is 11.4 Å². The molecule has 174 valence electrons. The molecular weight excluding hydrogens is 421 g/mol. The van der Waals surface area contributed by atoms with Crippen molar-refractivity contribution in [1.29, 1.82) is 0 Å². The molecule has 0 spiro atoms. The number of halogens is 1. The highest BCUT2D eigenvalue weighted by atomic mass is 19.1. The molecular formula is C24H30FN7O. The number of piperazine rings is 1. The quantitative estimate of drug-likeness (QED) is 0.636. The summed E-state index contributed by atoms with van der Waals surface area (Å²) < 4.78 is 16.6. The Kier molecular flexibility index (Phi) is 6.42. The van der Waals surface area contributed by atoms with Gasteiger partial charge in [0.25, 0.3) is 5.91 Å². The first-order valence-electron chi connectivity index (χ1n) is 11.2. The van der Waals surface area contributed by atoms with Crippen molar-refractivity contribution in [1.82, 2.24) is 29.3 Å². The molecule has 0 radical (unpaired) electrons. The van der Waals surface area contributed by atoms with E-state index in [4.69, 9.17) is 0 Å². The molecule has 1 saturated heterocycles. The second-order valence-corrected chi connectivity index (χ2v) is 8.79. The van der Waals surface area contributed by atoms with E-state index in [1.54, 1.807) is 6.20 Å². The Morgan fingerprint density at radius 2 is 1.82 bits per heavy atom. The van der Waals surface area contributed by atoms with Crippen LogP contribution < -0.4 is 5.32 Å². The predicted octanol–water partition coefficient (Wildman–Crippen LogP) is 3.81. The SMILES string of the molecule is Cc1cc(Nc2ncc(F)c(-c3cnc(C)n3C(C)C)n2)ccc1C(=O)N1CCN(C)CC1. The van der Waals surface area contributed by atoms with E-state index in [-0.39, 0.29) is 23.6 Å². The monoisotopic (exact) mass is 451 g/mol. The zero-order valence-corrected chi connectivity index (χ0v) is 19.8. The maximum absolute atomic E-state index is 14.6. The van der Waals surface area contributed by atoms with Gasteiger partial charge in [-0.15, -0.1) is 0 Å². The summed E-state index contributed by atoms with van der Waals surface area (Å²) in [4.78, 5) is 29.9. The third-order valence-corrected chi connectivity index (χ3v) is 5.99.